The van der Waals surface area contributed by atoms with Crippen LogP contribution in [0.1, 0.15) is 6.42 Å². The van der Waals surface area contributed by atoms with Gasteiger partial charge < -0.3 is 14.4 Å². The number of carbonyl (C=O) groups is 1. The van der Waals surface area contributed by atoms with E-state index in [1.165, 1.54) is 0 Å². The minimum atomic E-state index is 0.240. The molecule has 1 amide bonds. The molecule has 5 heteroatoms. The molecule has 1 aliphatic heterocycles. The summed E-state index contributed by atoms with van der Waals surface area (Å²) in [5.74, 6) is 1.24. The molecule has 0 bridgehead atoms. The molecule has 3 heterocycles. The highest BCUT2D eigenvalue weighted by atomic mass is 16.2. The Morgan fingerprint density at radius 3 is 2.48 bits per heavy atom. The van der Waals surface area contributed by atoms with Crippen LogP contribution in [0.4, 0.5) is 5.82 Å². The van der Waals surface area contributed by atoms with E-state index in [1.807, 2.05) is 58.4 Å². The second-order valence-electron chi connectivity index (χ2n) is 5.23. The average molecular weight is 284 g/mol. The van der Waals surface area contributed by atoms with Gasteiger partial charge in [-0.05, 0) is 24.3 Å². The second-order valence-corrected chi connectivity index (χ2v) is 5.23. The lowest BCUT2D eigenvalue weighted by Gasteiger charge is -2.35. The number of aromatic nitrogens is 2. The molecule has 21 heavy (non-hydrogen) atoms. The van der Waals surface area contributed by atoms with Gasteiger partial charge in [-0.3, -0.25) is 4.79 Å². The molecule has 1 fully saturated rings. The van der Waals surface area contributed by atoms with E-state index in [0.29, 0.717) is 6.42 Å². The highest BCUT2D eigenvalue weighted by Crippen LogP contribution is 2.13. The lowest BCUT2D eigenvalue weighted by molar-refractivity contribution is -0.131. The van der Waals surface area contributed by atoms with Crippen molar-refractivity contribution in [2.24, 2.45) is 0 Å². The van der Waals surface area contributed by atoms with Gasteiger partial charge in [0.05, 0.1) is 0 Å². The summed E-state index contributed by atoms with van der Waals surface area (Å²) in [5, 5.41) is 0. The first kappa shape index (κ1) is 13.7. The molecule has 2 aromatic rings. The molecule has 0 spiro atoms. The molecule has 3 rings (SSSR count). The van der Waals surface area contributed by atoms with E-state index in [0.717, 1.165) is 38.5 Å². The number of nitrogens with zero attached hydrogens (tertiary/aromatic N) is 4. The van der Waals surface area contributed by atoms with Gasteiger partial charge >= 0.3 is 0 Å². The van der Waals surface area contributed by atoms with Gasteiger partial charge in [0.15, 0.2) is 0 Å². The largest absolute Gasteiger partial charge is 0.354 e. The van der Waals surface area contributed by atoms with E-state index in [4.69, 9.17) is 0 Å². The third kappa shape index (κ3) is 3.42. The number of amides is 1. The number of anilines is 1. The summed E-state index contributed by atoms with van der Waals surface area (Å²) in [7, 11) is 0. The molecule has 1 saturated heterocycles. The summed E-state index contributed by atoms with van der Waals surface area (Å²) in [4.78, 5) is 20.8. The van der Waals surface area contributed by atoms with Gasteiger partial charge in [-0.2, -0.15) is 0 Å². The van der Waals surface area contributed by atoms with E-state index in [2.05, 4.69) is 9.88 Å². The molecule has 110 valence electrons. The van der Waals surface area contributed by atoms with Crippen LogP contribution in [0.15, 0.2) is 48.9 Å². The maximum Gasteiger partial charge on any atom is 0.224 e. The average Bonchev–Trinajstić information content (AvgIpc) is 3.07. The van der Waals surface area contributed by atoms with Crippen LogP contribution in [0, 0.1) is 0 Å². The lowest BCUT2D eigenvalue weighted by Crippen LogP contribution is -2.49. The topological polar surface area (TPSA) is 41.4 Å². The standard InChI is InChI=1S/C16H20N4O/c21-16(6-10-18-8-3-4-9-18)20-13-11-19(12-14-20)15-5-1-2-7-17-15/h1-5,7-9H,6,10-14H2. The Hall–Kier alpha value is -2.30. The fourth-order valence-electron chi connectivity index (χ4n) is 2.63. The van der Waals surface area contributed by atoms with Gasteiger partial charge in [-0.15, -0.1) is 0 Å². The summed E-state index contributed by atoms with van der Waals surface area (Å²) in [5.41, 5.74) is 0. The predicted octanol–water partition coefficient (Wildman–Crippen LogP) is 1.62. The minimum absolute atomic E-state index is 0.240. The van der Waals surface area contributed by atoms with Crippen molar-refractivity contribution < 1.29 is 4.79 Å². The summed E-state index contributed by atoms with van der Waals surface area (Å²) >= 11 is 0. The van der Waals surface area contributed by atoms with E-state index in [1.54, 1.807) is 0 Å². The van der Waals surface area contributed by atoms with E-state index in [9.17, 15) is 4.79 Å². The van der Waals surface area contributed by atoms with Crippen LogP contribution in [0.25, 0.3) is 0 Å². The zero-order valence-corrected chi connectivity index (χ0v) is 12.1. The first-order valence-corrected chi connectivity index (χ1v) is 7.37. The Morgan fingerprint density at radius 1 is 1.05 bits per heavy atom. The van der Waals surface area contributed by atoms with Gasteiger partial charge in [0, 0.05) is 57.7 Å². The number of aryl methyl sites for hydroxylation is 1. The predicted molar refractivity (Wildman–Crippen MR) is 82.1 cm³/mol. The normalized spacial score (nSPS) is 15.2. The van der Waals surface area contributed by atoms with E-state index < -0.39 is 0 Å². The smallest absolute Gasteiger partial charge is 0.224 e. The molecule has 1 aliphatic rings. The third-order valence-corrected chi connectivity index (χ3v) is 3.86. The molecule has 2 aromatic heterocycles. The van der Waals surface area contributed by atoms with Crippen molar-refractivity contribution in [3.8, 4) is 0 Å². The Morgan fingerprint density at radius 2 is 1.81 bits per heavy atom. The van der Waals surface area contributed by atoms with Crippen LogP contribution in [0.5, 0.6) is 0 Å². The zero-order chi connectivity index (χ0) is 14.5. The second kappa shape index (κ2) is 6.43. The highest BCUT2D eigenvalue weighted by Gasteiger charge is 2.21. The van der Waals surface area contributed by atoms with Crippen LogP contribution >= 0.6 is 0 Å². The van der Waals surface area contributed by atoms with Crippen LogP contribution in [-0.4, -0.2) is 46.5 Å². The van der Waals surface area contributed by atoms with Gasteiger partial charge in [-0.25, -0.2) is 4.98 Å². The first-order chi connectivity index (χ1) is 10.3. The first-order valence-electron chi connectivity index (χ1n) is 7.37. The maximum absolute atomic E-state index is 12.2. The molecular weight excluding hydrogens is 264 g/mol. The summed E-state index contributed by atoms with van der Waals surface area (Å²) in [6.45, 7) is 4.02. The zero-order valence-electron chi connectivity index (χ0n) is 12.1. The molecule has 0 radical (unpaired) electrons. The molecule has 0 N–H and O–H groups in total. The molecule has 0 aromatic carbocycles. The van der Waals surface area contributed by atoms with Crippen molar-refractivity contribution in [2.45, 2.75) is 13.0 Å². The molecule has 0 aliphatic carbocycles. The number of pyridine rings is 1. The number of carbonyl (C=O) groups excluding carboxylic acids is 1. The molecule has 5 nitrogen and oxygen atoms in total. The van der Waals surface area contributed by atoms with Crippen LogP contribution in [0.2, 0.25) is 0 Å². The van der Waals surface area contributed by atoms with Crippen molar-refractivity contribution in [3.05, 3.63) is 48.9 Å². The van der Waals surface area contributed by atoms with Crippen LogP contribution < -0.4 is 4.90 Å². The summed E-state index contributed by atoms with van der Waals surface area (Å²) in [6, 6.07) is 9.90. The van der Waals surface area contributed by atoms with E-state index >= 15 is 0 Å². The van der Waals surface area contributed by atoms with Crippen molar-refractivity contribution in [3.63, 3.8) is 0 Å². The maximum atomic E-state index is 12.2. The van der Waals surface area contributed by atoms with Crippen molar-refractivity contribution >= 4 is 11.7 Å². The summed E-state index contributed by atoms with van der Waals surface area (Å²) < 4.78 is 2.04. The molecule has 0 atom stereocenters. The van der Waals surface area contributed by atoms with Crippen LogP contribution in [-0.2, 0) is 11.3 Å². The minimum Gasteiger partial charge on any atom is -0.354 e. The quantitative estimate of drug-likeness (QED) is 0.857. The Kier molecular flexibility index (Phi) is 4.19. The monoisotopic (exact) mass is 284 g/mol. The Bertz CT molecular complexity index is 559. The van der Waals surface area contributed by atoms with Crippen LogP contribution in [0.3, 0.4) is 0 Å². The van der Waals surface area contributed by atoms with E-state index in [-0.39, 0.29) is 5.91 Å². The Balaban J connectivity index is 1.48. The van der Waals surface area contributed by atoms with Gasteiger partial charge in [0.25, 0.3) is 0 Å². The fourth-order valence-corrected chi connectivity index (χ4v) is 2.63. The molecular formula is C16H20N4O. The molecule has 0 saturated carbocycles. The van der Waals surface area contributed by atoms with Crippen molar-refractivity contribution in [1.82, 2.24) is 14.5 Å². The SMILES string of the molecule is O=C(CCn1cccc1)N1CCN(c2ccccn2)CC1. The molecule has 0 unspecified atom stereocenters. The highest BCUT2D eigenvalue weighted by molar-refractivity contribution is 5.76. The van der Waals surface area contributed by atoms with Crippen molar-refractivity contribution in [1.29, 1.82) is 0 Å². The number of rotatable bonds is 4. The Labute approximate surface area is 124 Å². The number of hydrogen-bond acceptors (Lipinski definition) is 3. The summed E-state index contributed by atoms with van der Waals surface area (Å²) in [6.07, 6.45) is 6.36. The lowest BCUT2D eigenvalue weighted by atomic mass is 10.2. The van der Waals surface area contributed by atoms with Gasteiger partial charge in [0.1, 0.15) is 5.82 Å². The number of piperazine rings is 1. The van der Waals surface area contributed by atoms with Gasteiger partial charge in [0.2, 0.25) is 5.91 Å². The third-order valence-electron chi connectivity index (χ3n) is 3.86. The number of hydrogen-bond donors (Lipinski definition) is 0. The van der Waals surface area contributed by atoms with Gasteiger partial charge in [-0.1, -0.05) is 6.07 Å². The fraction of sp³-hybridized carbons (Fsp3) is 0.375. The van der Waals surface area contributed by atoms with Crippen molar-refractivity contribution in [2.75, 3.05) is 31.1 Å².